The highest BCUT2D eigenvalue weighted by Gasteiger charge is 2.54. The van der Waals surface area contributed by atoms with Crippen LogP contribution in [0.3, 0.4) is 0 Å². The van der Waals surface area contributed by atoms with Crippen molar-refractivity contribution in [2.45, 2.75) is 121 Å². The van der Waals surface area contributed by atoms with Crippen LogP contribution in [0.1, 0.15) is 120 Å². The Morgan fingerprint density at radius 1 is 0.520 bits per heavy atom. The molecule has 0 radical (unpaired) electrons. The minimum Gasteiger partial charge on any atom is -0.456 e. The normalized spacial score (nSPS) is 27.7. The maximum absolute atomic E-state index is 7.07. The van der Waals surface area contributed by atoms with Gasteiger partial charge in [0.2, 0.25) is 0 Å². The second kappa shape index (κ2) is 14.5. The topological polar surface area (TPSA) is 21.3 Å². The number of hydrogen-bond donors (Lipinski definition) is 0. The van der Waals surface area contributed by atoms with Gasteiger partial charge in [-0.2, -0.15) is 0 Å². The van der Waals surface area contributed by atoms with Gasteiger partial charge in [0.05, 0.1) is 16.8 Å². The molecule has 2 aliphatic heterocycles. The number of fused-ring (bicyclic) bond motifs is 12. The van der Waals surface area contributed by atoms with Crippen molar-refractivity contribution in [1.82, 2.24) is 4.48 Å². The van der Waals surface area contributed by atoms with Crippen LogP contribution in [0, 0.1) is 42.4 Å². The zero-order chi connectivity index (χ0) is 49.4. The summed E-state index contributed by atoms with van der Waals surface area (Å²) >= 11 is 0. The molecule has 75 heavy (non-hydrogen) atoms. The van der Waals surface area contributed by atoms with E-state index >= 15 is 0 Å². The second-order valence-corrected chi connectivity index (χ2v) is 27.4. The average molecular weight is 973 g/mol. The third-order valence-corrected chi connectivity index (χ3v) is 21.8. The molecule has 0 saturated heterocycles. The fourth-order valence-electron chi connectivity index (χ4n) is 19.5. The van der Waals surface area contributed by atoms with Gasteiger partial charge in [-0.05, 0) is 251 Å². The molecule has 10 aliphatic rings. The number of hydrogen-bond acceptors (Lipinski definition) is 2. The van der Waals surface area contributed by atoms with Gasteiger partial charge in [0.25, 0.3) is 0 Å². The van der Waals surface area contributed by atoms with Gasteiger partial charge in [-0.3, -0.25) is 0 Å². The Balaban J connectivity index is 0.969. The van der Waals surface area contributed by atoms with Crippen LogP contribution in [-0.2, 0) is 16.2 Å². The van der Waals surface area contributed by atoms with Crippen LogP contribution >= 0.6 is 0 Å². The smallest absolute Gasteiger partial charge is 0.333 e. The van der Waals surface area contributed by atoms with Crippen LogP contribution in [0.4, 0.5) is 17.1 Å². The Hall–Kier alpha value is -6.52. The highest BCUT2D eigenvalue weighted by molar-refractivity contribution is 6.90. The lowest BCUT2D eigenvalue weighted by Crippen LogP contribution is -2.56. The van der Waals surface area contributed by atoms with Gasteiger partial charge in [0, 0.05) is 44.0 Å². The van der Waals surface area contributed by atoms with E-state index in [-0.39, 0.29) is 17.7 Å². The summed E-state index contributed by atoms with van der Waals surface area (Å²) in [6.07, 6.45) is 17.1. The molecule has 4 heteroatoms. The maximum atomic E-state index is 7.07. The maximum Gasteiger partial charge on any atom is 0.333 e. The molecule has 0 atom stereocenters. The molecule has 10 aromatic rings. The number of aryl methyl sites for hydroxylation is 1. The molecule has 0 N–H and O–H groups in total. The van der Waals surface area contributed by atoms with Crippen molar-refractivity contribution in [3.63, 3.8) is 0 Å². The molecule has 8 fully saturated rings. The van der Waals surface area contributed by atoms with Crippen LogP contribution in [-0.4, -0.2) is 11.3 Å². The van der Waals surface area contributed by atoms with E-state index in [1.165, 1.54) is 182 Å². The summed E-state index contributed by atoms with van der Waals surface area (Å²) in [4.78, 5) is 2.71. The number of aromatic nitrogens is 1. The van der Waals surface area contributed by atoms with E-state index in [9.17, 15) is 0 Å². The van der Waals surface area contributed by atoms with Crippen molar-refractivity contribution < 1.29 is 4.42 Å². The van der Waals surface area contributed by atoms with Crippen molar-refractivity contribution in [3.05, 3.63) is 162 Å². The van der Waals surface area contributed by atoms with Crippen LogP contribution in [0.5, 0.6) is 0 Å². The van der Waals surface area contributed by atoms with E-state index in [0.717, 1.165) is 46.7 Å². The third kappa shape index (κ3) is 5.79. The van der Waals surface area contributed by atoms with Crippen LogP contribution in [0.15, 0.2) is 144 Å². The number of furan rings is 1. The standard InChI is InChI=1S/C71H65BN2O/c1-40-20-55-57-33-52(71-37-44-25-45(38-71)27-46(26-44)39-71)32-56-54-31-51(70-34-41-22-42(35-70)24-43(23-41)36-70)15-18-61(54)74(67(56)57)72-59-16-19-63-65(58-28-48-12-8-9-13-49(48)29-64(58)75-63)68(59)73(62(21-40)66(55)72)60-17-14-50(69(2,3)4)30-53(60)47-10-6-5-7-11-47/h5-21,28-33,41-46H,22-27,34-39H2,1-4H3. The zero-order valence-corrected chi connectivity index (χ0v) is 44.1. The highest BCUT2D eigenvalue weighted by Crippen LogP contribution is 2.64. The molecule has 0 amide bonds. The van der Waals surface area contributed by atoms with Gasteiger partial charge in [-0.1, -0.05) is 99.6 Å². The molecule has 8 aromatic carbocycles. The van der Waals surface area contributed by atoms with E-state index in [4.69, 9.17) is 4.42 Å². The quantitative estimate of drug-likeness (QED) is 0.164. The Morgan fingerprint density at radius 2 is 1.16 bits per heavy atom. The SMILES string of the molecule is Cc1cc2c3c(c1)N(c1ccc(C(C)(C)C)cc1-c1ccccc1)c1c(ccc4oc5cc6ccccc6cc5c14)B3n1c3ccc(C45CC6CC(CC(C6)C4)C5)cc3c3cc(C45CC6CC(CC(C6)C4)C5)cc-2c31. The predicted octanol–water partition coefficient (Wildman–Crippen LogP) is 17.5. The molecule has 4 heterocycles. The highest BCUT2D eigenvalue weighted by atomic mass is 16.3. The minimum absolute atomic E-state index is 0.0287. The fourth-order valence-corrected chi connectivity index (χ4v) is 19.5. The van der Waals surface area contributed by atoms with Crippen molar-refractivity contribution in [3.8, 4) is 22.3 Å². The molecule has 8 bridgehead atoms. The van der Waals surface area contributed by atoms with Crippen LogP contribution in [0.2, 0.25) is 0 Å². The fraction of sp³-hybridized carbons (Fsp3) is 0.352. The third-order valence-electron chi connectivity index (χ3n) is 21.8. The first-order valence-corrected chi connectivity index (χ1v) is 29.2. The monoisotopic (exact) mass is 973 g/mol. The molecule has 8 saturated carbocycles. The minimum atomic E-state index is -0.0472. The van der Waals surface area contributed by atoms with Crippen molar-refractivity contribution in [2.24, 2.45) is 35.5 Å². The predicted molar refractivity (Wildman–Crippen MR) is 313 cm³/mol. The molecular formula is C71H65BN2O. The van der Waals surface area contributed by atoms with Gasteiger partial charge in [0.1, 0.15) is 11.2 Å². The summed E-state index contributed by atoms with van der Waals surface area (Å²) in [7, 11) is 0. The Bertz CT molecular complexity index is 4090. The first-order chi connectivity index (χ1) is 36.5. The second-order valence-electron chi connectivity index (χ2n) is 27.4. The van der Waals surface area contributed by atoms with E-state index in [1.807, 2.05) is 0 Å². The van der Waals surface area contributed by atoms with Crippen molar-refractivity contribution in [1.29, 1.82) is 0 Å². The molecule has 0 unspecified atom stereocenters. The molecule has 3 nitrogen and oxygen atoms in total. The average Bonchev–Trinajstić information content (AvgIpc) is 4.11. The molecule has 20 rings (SSSR count). The summed E-state index contributed by atoms with van der Waals surface area (Å²) < 4.78 is 9.94. The molecule has 0 spiro atoms. The number of rotatable bonds is 4. The molecule has 368 valence electrons. The van der Waals surface area contributed by atoms with Crippen LogP contribution < -0.4 is 15.8 Å². The lowest BCUT2D eigenvalue weighted by molar-refractivity contribution is -0.00527. The number of anilines is 3. The Labute approximate surface area is 441 Å². The summed E-state index contributed by atoms with van der Waals surface area (Å²) in [6.45, 7) is 9.37. The molecule has 8 aliphatic carbocycles. The van der Waals surface area contributed by atoms with Gasteiger partial charge in [-0.15, -0.1) is 0 Å². The van der Waals surface area contributed by atoms with E-state index < -0.39 is 0 Å². The Kier molecular flexibility index (Phi) is 8.25. The van der Waals surface area contributed by atoms with E-state index in [2.05, 4.69) is 177 Å². The van der Waals surface area contributed by atoms with Gasteiger partial charge < -0.3 is 13.8 Å². The lowest BCUT2D eigenvalue weighted by atomic mass is 9.44. The molecular weight excluding hydrogens is 908 g/mol. The number of benzene rings is 8. The zero-order valence-electron chi connectivity index (χ0n) is 44.1. The number of nitrogens with zero attached hydrogens (tertiary/aromatic N) is 2. The van der Waals surface area contributed by atoms with Crippen molar-refractivity contribution >= 4 is 89.4 Å². The van der Waals surface area contributed by atoms with Crippen molar-refractivity contribution in [2.75, 3.05) is 4.90 Å². The van der Waals surface area contributed by atoms with E-state index in [1.54, 1.807) is 11.1 Å². The largest absolute Gasteiger partial charge is 0.456 e. The lowest BCUT2D eigenvalue weighted by Gasteiger charge is -2.57. The van der Waals surface area contributed by atoms with Gasteiger partial charge in [-0.25, -0.2) is 0 Å². The van der Waals surface area contributed by atoms with Gasteiger partial charge in [0.15, 0.2) is 0 Å². The van der Waals surface area contributed by atoms with E-state index in [0.29, 0.717) is 5.41 Å². The summed E-state index contributed by atoms with van der Waals surface area (Å²) in [6, 6.07) is 55.6. The Morgan fingerprint density at radius 3 is 1.84 bits per heavy atom. The van der Waals surface area contributed by atoms with Gasteiger partial charge >= 0.3 is 6.85 Å². The van der Waals surface area contributed by atoms with Crippen LogP contribution in [0.25, 0.3) is 76.8 Å². The first-order valence-electron chi connectivity index (χ1n) is 29.2. The summed E-state index contributed by atoms with van der Waals surface area (Å²) in [5, 5.41) is 7.80. The summed E-state index contributed by atoms with van der Waals surface area (Å²) in [5.74, 6) is 5.36. The molecule has 2 aromatic heterocycles. The first kappa shape index (κ1) is 42.7. The summed E-state index contributed by atoms with van der Waals surface area (Å²) in [5.41, 5.74) is 23.1.